The second-order valence-electron chi connectivity index (χ2n) is 3.85. The number of nitrogens with zero attached hydrogens (tertiary/aromatic N) is 1. The van der Waals surface area contributed by atoms with E-state index < -0.39 is 23.3 Å². The van der Waals surface area contributed by atoms with Crippen LogP contribution in [0.15, 0.2) is 14.6 Å². The van der Waals surface area contributed by atoms with Crippen molar-refractivity contribution in [3.05, 3.63) is 26.4 Å². The van der Waals surface area contributed by atoms with Crippen LogP contribution in [-0.4, -0.2) is 34.8 Å². The molecule has 0 saturated carbocycles. The minimum atomic E-state index is -0.677. The lowest BCUT2D eigenvalue weighted by molar-refractivity contribution is -0.141. The highest BCUT2D eigenvalue weighted by Gasteiger charge is 2.27. The number of H-pyrrole nitrogens is 2. The van der Waals surface area contributed by atoms with Gasteiger partial charge in [0.1, 0.15) is 17.4 Å². The second kappa shape index (κ2) is 4.47. The van der Waals surface area contributed by atoms with Crippen molar-refractivity contribution in [3.63, 3.8) is 0 Å². The van der Waals surface area contributed by atoms with Gasteiger partial charge in [0.15, 0.2) is 0 Å². The Morgan fingerprint density at radius 1 is 1.44 bits per heavy atom. The molecule has 1 atom stereocenters. The van der Waals surface area contributed by atoms with Crippen molar-refractivity contribution < 1.29 is 9.53 Å². The third-order valence-electron chi connectivity index (χ3n) is 2.70. The molecule has 1 aromatic rings. The summed E-state index contributed by atoms with van der Waals surface area (Å²) in [5.41, 5.74) is 4.81. The van der Waals surface area contributed by atoms with Crippen molar-refractivity contribution in [2.24, 2.45) is 4.99 Å². The maximum Gasteiger partial charge on any atom is 0.330 e. The number of nitrogens with two attached hydrogens (primary N) is 1. The standard InChI is InChI=1S/C10H12N4O4/c1-18-9(16)5-3-2-4(12-5)6-7(11)13-10(17)14-8(6)15/h5H,2-3H2,1H3,(H4,11,13,14,15,17). The molecule has 18 heavy (non-hydrogen) atoms. The highest BCUT2D eigenvalue weighted by atomic mass is 16.5. The molecule has 0 amide bonds. The number of ether oxygens (including phenoxy) is 1. The molecule has 0 saturated heterocycles. The smallest absolute Gasteiger partial charge is 0.330 e. The Labute approximate surface area is 101 Å². The zero-order chi connectivity index (χ0) is 13.3. The highest BCUT2D eigenvalue weighted by molar-refractivity contribution is 6.06. The van der Waals surface area contributed by atoms with Gasteiger partial charge in [-0.1, -0.05) is 0 Å². The number of rotatable bonds is 2. The first kappa shape index (κ1) is 12.1. The summed E-state index contributed by atoms with van der Waals surface area (Å²) in [4.78, 5) is 42.4. The lowest BCUT2D eigenvalue weighted by Gasteiger charge is -2.03. The molecule has 0 spiro atoms. The molecule has 2 heterocycles. The molecule has 0 aliphatic carbocycles. The van der Waals surface area contributed by atoms with E-state index in [1.165, 1.54) is 7.11 Å². The molecule has 0 radical (unpaired) electrons. The third kappa shape index (κ3) is 2.04. The van der Waals surface area contributed by atoms with Crippen LogP contribution in [0.4, 0.5) is 5.82 Å². The molecule has 4 N–H and O–H groups in total. The summed E-state index contributed by atoms with van der Waals surface area (Å²) in [6.07, 6.45) is 0.888. The summed E-state index contributed by atoms with van der Waals surface area (Å²) < 4.78 is 4.58. The number of aliphatic imine (C=N–C) groups is 1. The molecule has 0 bridgehead atoms. The average molecular weight is 252 g/mol. The van der Waals surface area contributed by atoms with Crippen molar-refractivity contribution in [2.75, 3.05) is 12.8 Å². The Hall–Kier alpha value is -2.38. The topological polar surface area (TPSA) is 130 Å². The monoisotopic (exact) mass is 252 g/mol. The van der Waals surface area contributed by atoms with E-state index in [9.17, 15) is 14.4 Å². The Bertz CT molecular complexity index is 628. The lowest BCUT2D eigenvalue weighted by atomic mass is 10.1. The molecule has 0 fully saturated rings. The Balaban J connectivity index is 2.43. The molecule has 2 rings (SSSR count). The fourth-order valence-corrected chi connectivity index (χ4v) is 1.88. The molecular weight excluding hydrogens is 240 g/mol. The number of aromatic amines is 2. The molecule has 0 aromatic carbocycles. The summed E-state index contributed by atoms with van der Waals surface area (Å²) in [7, 11) is 1.27. The van der Waals surface area contributed by atoms with E-state index in [-0.39, 0.29) is 11.4 Å². The van der Waals surface area contributed by atoms with Crippen molar-refractivity contribution in [1.29, 1.82) is 0 Å². The molecule has 96 valence electrons. The number of anilines is 1. The van der Waals surface area contributed by atoms with Crippen LogP contribution in [-0.2, 0) is 9.53 Å². The van der Waals surface area contributed by atoms with Gasteiger partial charge >= 0.3 is 11.7 Å². The molecule has 8 nitrogen and oxygen atoms in total. The van der Waals surface area contributed by atoms with Gasteiger partial charge in [0.2, 0.25) is 0 Å². The predicted molar refractivity (Wildman–Crippen MR) is 63.7 cm³/mol. The number of hydrogen-bond donors (Lipinski definition) is 3. The largest absolute Gasteiger partial charge is 0.467 e. The number of carbonyl (C=O) groups is 1. The fourth-order valence-electron chi connectivity index (χ4n) is 1.88. The van der Waals surface area contributed by atoms with Crippen LogP contribution >= 0.6 is 0 Å². The quantitative estimate of drug-likeness (QED) is 0.567. The van der Waals surface area contributed by atoms with Crippen LogP contribution in [0, 0.1) is 0 Å². The zero-order valence-corrected chi connectivity index (χ0v) is 9.65. The Kier molecular flexibility index (Phi) is 3.00. The number of hydrogen-bond acceptors (Lipinski definition) is 6. The number of esters is 1. The van der Waals surface area contributed by atoms with E-state index in [0.717, 1.165) is 0 Å². The average Bonchev–Trinajstić information content (AvgIpc) is 2.76. The second-order valence-corrected chi connectivity index (χ2v) is 3.85. The fraction of sp³-hybridized carbons (Fsp3) is 0.400. The molecule has 1 aliphatic rings. The maximum atomic E-state index is 11.6. The van der Waals surface area contributed by atoms with Crippen molar-refractivity contribution in [1.82, 2.24) is 9.97 Å². The minimum absolute atomic E-state index is 0.0481. The van der Waals surface area contributed by atoms with E-state index in [0.29, 0.717) is 18.6 Å². The van der Waals surface area contributed by atoms with Crippen molar-refractivity contribution in [2.45, 2.75) is 18.9 Å². The van der Waals surface area contributed by atoms with Crippen molar-refractivity contribution in [3.8, 4) is 0 Å². The van der Waals surface area contributed by atoms with Crippen molar-refractivity contribution >= 4 is 17.5 Å². The Morgan fingerprint density at radius 3 is 2.78 bits per heavy atom. The van der Waals surface area contributed by atoms with Gasteiger partial charge in [-0.05, 0) is 12.8 Å². The van der Waals surface area contributed by atoms with Gasteiger partial charge in [-0.15, -0.1) is 0 Å². The van der Waals surface area contributed by atoms with Gasteiger partial charge in [0.25, 0.3) is 5.56 Å². The summed E-state index contributed by atoms with van der Waals surface area (Å²) in [6, 6.07) is -0.615. The number of nitrogens with one attached hydrogen (secondary N) is 2. The molecule has 1 aliphatic heterocycles. The normalized spacial score (nSPS) is 18.5. The maximum absolute atomic E-state index is 11.6. The van der Waals surface area contributed by atoms with E-state index in [1.54, 1.807) is 0 Å². The van der Waals surface area contributed by atoms with E-state index in [2.05, 4.69) is 19.7 Å². The van der Waals surface area contributed by atoms with Crippen LogP contribution < -0.4 is 17.0 Å². The molecule has 1 unspecified atom stereocenters. The van der Waals surface area contributed by atoms with Crippen LogP contribution in [0.5, 0.6) is 0 Å². The van der Waals surface area contributed by atoms with Gasteiger partial charge in [-0.2, -0.15) is 0 Å². The summed E-state index contributed by atoms with van der Waals surface area (Å²) in [6.45, 7) is 0. The first-order valence-corrected chi connectivity index (χ1v) is 5.30. The van der Waals surface area contributed by atoms with Gasteiger partial charge < -0.3 is 10.5 Å². The number of carbonyl (C=O) groups excluding carboxylic acids is 1. The number of aromatic nitrogens is 2. The zero-order valence-electron chi connectivity index (χ0n) is 9.65. The van der Waals surface area contributed by atoms with E-state index in [4.69, 9.17) is 5.73 Å². The summed E-state index contributed by atoms with van der Waals surface area (Å²) in [5.74, 6) is -0.502. The first-order valence-electron chi connectivity index (χ1n) is 5.30. The number of nitrogen functional groups attached to an aromatic ring is 1. The summed E-state index contributed by atoms with van der Waals surface area (Å²) >= 11 is 0. The van der Waals surface area contributed by atoms with Crippen LogP contribution in [0.2, 0.25) is 0 Å². The van der Waals surface area contributed by atoms with Crippen LogP contribution in [0.1, 0.15) is 18.4 Å². The SMILES string of the molecule is COC(=O)C1CCC(c2c(N)[nH]c(=O)[nH]c2=O)=N1. The van der Waals surface area contributed by atoms with E-state index >= 15 is 0 Å². The summed E-state index contributed by atoms with van der Waals surface area (Å²) in [5, 5.41) is 0. The third-order valence-corrected chi connectivity index (χ3v) is 2.70. The molecular formula is C10H12N4O4. The number of methoxy groups -OCH3 is 1. The van der Waals surface area contributed by atoms with Gasteiger partial charge in [-0.25, -0.2) is 9.59 Å². The van der Waals surface area contributed by atoms with Crippen LogP contribution in [0.25, 0.3) is 0 Å². The molecule has 8 heteroatoms. The van der Waals surface area contributed by atoms with Crippen LogP contribution in [0.3, 0.4) is 0 Å². The highest BCUT2D eigenvalue weighted by Crippen LogP contribution is 2.19. The molecule has 1 aromatic heterocycles. The van der Waals surface area contributed by atoms with Gasteiger partial charge in [0.05, 0.1) is 12.8 Å². The first-order chi connectivity index (χ1) is 8.52. The van der Waals surface area contributed by atoms with Gasteiger partial charge in [0, 0.05) is 0 Å². The Morgan fingerprint density at radius 2 is 2.17 bits per heavy atom. The lowest BCUT2D eigenvalue weighted by Crippen LogP contribution is -2.29. The van der Waals surface area contributed by atoms with Gasteiger partial charge in [-0.3, -0.25) is 19.8 Å². The predicted octanol–water partition coefficient (Wildman–Crippen LogP) is -1.23. The van der Waals surface area contributed by atoms with E-state index in [1.807, 2.05) is 0 Å². The minimum Gasteiger partial charge on any atom is -0.467 e.